The Bertz CT molecular complexity index is 738. The zero-order valence-electron chi connectivity index (χ0n) is 11.1. The molecule has 3 rings (SSSR count). The molecular weight excluding hydrogens is 242 g/mol. The Morgan fingerprint density at radius 1 is 1.21 bits per heavy atom. The molecule has 0 fully saturated rings. The fourth-order valence-corrected chi connectivity index (χ4v) is 2.11. The second-order valence-electron chi connectivity index (χ2n) is 4.71. The van der Waals surface area contributed by atoms with Gasteiger partial charge in [-0.1, -0.05) is 0 Å². The molecule has 0 unspecified atom stereocenters. The Balaban J connectivity index is 2.40. The molecule has 0 aromatic carbocycles. The zero-order valence-corrected chi connectivity index (χ0v) is 11.1. The predicted octanol–water partition coefficient (Wildman–Crippen LogP) is 1.39. The van der Waals surface area contributed by atoms with Crippen molar-refractivity contribution >= 4 is 16.9 Å². The molecule has 0 bridgehead atoms. The van der Waals surface area contributed by atoms with Crippen LogP contribution < -0.4 is 5.73 Å². The monoisotopic (exact) mass is 257 g/mol. The first kappa shape index (κ1) is 11.6. The Morgan fingerprint density at radius 3 is 2.63 bits per heavy atom. The number of anilines is 1. The standard InChI is InChI=1S/C12H15N7/c1-7(2)19-11-8(10(13)15-6-16-11)9(17-19)12-14-4-5-18(12)3/h4-7H,1-3H3,(H2,13,15,16). The topological polar surface area (TPSA) is 87.4 Å². The summed E-state index contributed by atoms with van der Waals surface area (Å²) in [4.78, 5) is 12.7. The molecule has 7 heteroatoms. The average molecular weight is 257 g/mol. The Kier molecular flexibility index (Phi) is 2.48. The molecule has 0 atom stereocenters. The SMILES string of the molecule is CC(C)n1nc(-c2nccn2C)c2c(N)ncnc21. The van der Waals surface area contributed by atoms with Gasteiger partial charge in [0.05, 0.1) is 5.39 Å². The molecule has 3 heterocycles. The third-order valence-electron chi connectivity index (χ3n) is 3.04. The van der Waals surface area contributed by atoms with Gasteiger partial charge in [0.15, 0.2) is 11.5 Å². The fourth-order valence-electron chi connectivity index (χ4n) is 2.11. The van der Waals surface area contributed by atoms with E-state index in [9.17, 15) is 0 Å². The van der Waals surface area contributed by atoms with Crippen LogP contribution in [0.25, 0.3) is 22.6 Å². The second kappa shape index (κ2) is 4.04. The summed E-state index contributed by atoms with van der Waals surface area (Å²) in [6, 6.07) is 0.186. The number of imidazole rings is 1. The molecule has 0 radical (unpaired) electrons. The zero-order chi connectivity index (χ0) is 13.6. The number of hydrogen-bond acceptors (Lipinski definition) is 5. The van der Waals surface area contributed by atoms with Gasteiger partial charge in [-0.2, -0.15) is 5.10 Å². The van der Waals surface area contributed by atoms with E-state index in [1.54, 1.807) is 6.20 Å². The first-order valence-corrected chi connectivity index (χ1v) is 6.06. The van der Waals surface area contributed by atoms with E-state index in [4.69, 9.17) is 5.73 Å². The third kappa shape index (κ3) is 1.66. The summed E-state index contributed by atoms with van der Waals surface area (Å²) in [5.41, 5.74) is 7.44. The van der Waals surface area contributed by atoms with Gasteiger partial charge in [0.2, 0.25) is 0 Å². The first-order chi connectivity index (χ1) is 9.09. The average Bonchev–Trinajstić information content (AvgIpc) is 2.93. The molecular formula is C12H15N7. The lowest BCUT2D eigenvalue weighted by Gasteiger charge is -2.05. The predicted molar refractivity (Wildman–Crippen MR) is 72.3 cm³/mol. The molecule has 0 aliphatic heterocycles. The van der Waals surface area contributed by atoms with Gasteiger partial charge in [0, 0.05) is 25.5 Å². The van der Waals surface area contributed by atoms with Gasteiger partial charge in [0.1, 0.15) is 17.8 Å². The number of aromatic nitrogens is 6. The molecule has 98 valence electrons. The van der Waals surface area contributed by atoms with Crippen molar-refractivity contribution in [3.63, 3.8) is 0 Å². The van der Waals surface area contributed by atoms with Crippen LogP contribution in [0, 0.1) is 0 Å². The summed E-state index contributed by atoms with van der Waals surface area (Å²) in [6.45, 7) is 4.10. The quantitative estimate of drug-likeness (QED) is 0.749. The van der Waals surface area contributed by atoms with Crippen molar-refractivity contribution in [3.8, 4) is 11.5 Å². The van der Waals surface area contributed by atoms with Gasteiger partial charge in [-0.15, -0.1) is 0 Å². The number of nitrogen functional groups attached to an aromatic ring is 1. The van der Waals surface area contributed by atoms with Gasteiger partial charge in [-0.25, -0.2) is 19.6 Å². The summed E-state index contributed by atoms with van der Waals surface area (Å²) >= 11 is 0. The van der Waals surface area contributed by atoms with Gasteiger partial charge >= 0.3 is 0 Å². The summed E-state index contributed by atoms with van der Waals surface area (Å²) in [5.74, 6) is 1.18. The van der Waals surface area contributed by atoms with E-state index in [0.717, 1.165) is 16.9 Å². The van der Waals surface area contributed by atoms with E-state index in [0.29, 0.717) is 11.5 Å². The highest BCUT2D eigenvalue weighted by Crippen LogP contribution is 2.30. The lowest BCUT2D eigenvalue weighted by molar-refractivity contribution is 0.547. The van der Waals surface area contributed by atoms with Crippen molar-refractivity contribution in [1.82, 2.24) is 29.3 Å². The van der Waals surface area contributed by atoms with E-state index < -0.39 is 0 Å². The number of fused-ring (bicyclic) bond motifs is 1. The molecule has 19 heavy (non-hydrogen) atoms. The molecule has 7 nitrogen and oxygen atoms in total. The Labute approximate surface area is 110 Å². The van der Waals surface area contributed by atoms with Crippen molar-refractivity contribution in [3.05, 3.63) is 18.7 Å². The summed E-state index contributed by atoms with van der Waals surface area (Å²) in [5, 5.41) is 5.36. The maximum Gasteiger partial charge on any atom is 0.164 e. The number of aryl methyl sites for hydroxylation is 1. The van der Waals surface area contributed by atoms with Crippen LogP contribution in [0.3, 0.4) is 0 Å². The number of hydrogen-bond donors (Lipinski definition) is 1. The van der Waals surface area contributed by atoms with E-state index in [2.05, 4.69) is 20.1 Å². The van der Waals surface area contributed by atoms with Gasteiger partial charge in [-0.05, 0) is 13.8 Å². The Morgan fingerprint density at radius 2 is 2.00 bits per heavy atom. The van der Waals surface area contributed by atoms with Crippen LogP contribution >= 0.6 is 0 Å². The van der Waals surface area contributed by atoms with E-state index in [1.807, 2.05) is 36.3 Å². The number of nitrogens with zero attached hydrogens (tertiary/aromatic N) is 6. The van der Waals surface area contributed by atoms with Gasteiger partial charge in [0.25, 0.3) is 0 Å². The molecule has 0 saturated heterocycles. The molecule has 2 N–H and O–H groups in total. The number of rotatable bonds is 2. The molecule has 0 spiro atoms. The summed E-state index contributed by atoms with van der Waals surface area (Å²) < 4.78 is 3.75. The van der Waals surface area contributed by atoms with Crippen LogP contribution in [-0.2, 0) is 7.05 Å². The van der Waals surface area contributed by atoms with Crippen LogP contribution in [0.4, 0.5) is 5.82 Å². The molecule has 0 saturated carbocycles. The van der Waals surface area contributed by atoms with Crippen LogP contribution in [-0.4, -0.2) is 29.3 Å². The highest BCUT2D eigenvalue weighted by Gasteiger charge is 2.20. The minimum Gasteiger partial charge on any atom is -0.383 e. The molecule has 3 aromatic heterocycles. The normalized spacial score (nSPS) is 11.6. The van der Waals surface area contributed by atoms with E-state index in [1.165, 1.54) is 6.33 Å². The van der Waals surface area contributed by atoms with Crippen LogP contribution in [0.15, 0.2) is 18.7 Å². The van der Waals surface area contributed by atoms with Crippen LogP contribution in [0.2, 0.25) is 0 Å². The molecule has 0 aliphatic carbocycles. The van der Waals surface area contributed by atoms with Gasteiger partial charge < -0.3 is 10.3 Å². The van der Waals surface area contributed by atoms with E-state index in [-0.39, 0.29) is 6.04 Å². The first-order valence-electron chi connectivity index (χ1n) is 6.06. The van der Waals surface area contributed by atoms with Crippen molar-refractivity contribution in [2.75, 3.05) is 5.73 Å². The minimum absolute atomic E-state index is 0.186. The molecule has 0 aliphatic rings. The van der Waals surface area contributed by atoms with E-state index >= 15 is 0 Å². The smallest absolute Gasteiger partial charge is 0.164 e. The third-order valence-corrected chi connectivity index (χ3v) is 3.04. The maximum atomic E-state index is 5.99. The number of nitrogens with two attached hydrogens (primary N) is 1. The molecule has 0 amide bonds. The van der Waals surface area contributed by atoms with Crippen molar-refractivity contribution in [1.29, 1.82) is 0 Å². The van der Waals surface area contributed by atoms with Crippen molar-refractivity contribution < 1.29 is 0 Å². The summed E-state index contributed by atoms with van der Waals surface area (Å²) in [7, 11) is 1.92. The van der Waals surface area contributed by atoms with Crippen LogP contribution in [0.1, 0.15) is 19.9 Å². The van der Waals surface area contributed by atoms with Crippen LogP contribution in [0.5, 0.6) is 0 Å². The van der Waals surface area contributed by atoms with Crippen molar-refractivity contribution in [2.24, 2.45) is 7.05 Å². The highest BCUT2D eigenvalue weighted by molar-refractivity contribution is 5.96. The maximum absolute atomic E-state index is 5.99. The second-order valence-corrected chi connectivity index (χ2v) is 4.71. The largest absolute Gasteiger partial charge is 0.383 e. The fraction of sp³-hybridized carbons (Fsp3) is 0.333. The Hall–Kier alpha value is -2.44. The summed E-state index contributed by atoms with van der Waals surface area (Å²) in [6.07, 6.45) is 5.06. The highest BCUT2D eigenvalue weighted by atomic mass is 15.3. The molecule has 3 aromatic rings. The lowest BCUT2D eigenvalue weighted by atomic mass is 10.2. The van der Waals surface area contributed by atoms with Crippen molar-refractivity contribution in [2.45, 2.75) is 19.9 Å². The minimum atomic E-state index is 0.186. The lowest BCUT2D eigenvalue weighted by Crippen LogP contribution is -2.04. The van der Waals surface area contributed by atoms with Gasteiger partial charge in [-0.3, -0.25) is 0 Å².